The molecule has 0 saturated carbocycles. The molecule has 1 saturated heterocycles. The highest BCUT2D eigenvalue weighted by Gasteiger charge is 2.20. The van der Waals surface area contributed by atoms with Gasteiger partial charge in [-0.2, -0.15) is 11.8 Å². The Morgan fingerprint density at radius 1 is 1.64 bits per heavy atom. The lowest BCUT2D eigenvalue weighted by atomic mass is 10.1. The summed E-state index contributed by atoms with van der Waals surface area (Å²) in [5.74, 6) is 4.81. The number of hydrogen-bond acceptors (Lipinski definition) is 4. The number of nitrogens with zero attached hydrogens (tertiary/aromatic N) is 1. The second-order valence-corrected chi connectivity index (χ2v) is 4.77. The number of rotatable bonds is 3. The Balaban J connectivity index is 2.00. The molecule has 0 aliphatic carbocycles. The molecule has 1 fully saturated rings. The van der Waals surface area contributed by atoms with Crippen molar-refractivity contribution < 1.29 is 4.42 Å². The highest BCUT2D eigenvalue weighted by molar-refractivity contribution is 7.99. The van der Waals surface area contributed by atoms with Gasteiger partial charge in [-0.05, 0) is 25.1 Å². The van der Waals surface area contributed by atoms with Gasteiger partial charge in [0.2, 0.25) is 0 Å². The number of aromatic nitrogens is 1. The largest absolute Gasteiger partial charge is 0.445 e. The van der Waals surface area contributed by atoms with E-state index >= 15 is 0 Å². The van der Waals surface area contributed by atoms with Gasteiger partial charge >= 0.3 is 0 Å². The van der Waals surface area contributed by atoms with Gasteiger partial charge in [0.1, 0.15) is 5.76 Å². The minimum Gasteiger partial charge on any atom is -0.445 e. The number of thioether (sulfide) groups is 1. The molecule has 2 N–H and O–H groups in total. The van der Waals surface area contributed by atoms with E-state index in [1.807, 2.05) is 18.0 Å². The normalized spacial score (nSPS) is 22.5. The summed E-state index contributed by atoms with van der Waals surface area (Å²) >= 11 is 2.00. The predicted molar refractivity (Wildman–Crippen MR) is 58.6 cm³/mol. The van der Waals surface area contributed by atoms with E-state index in [4.69, 9.17) is 10.2 Å². The lowest BCUT2D eigenvalue weighted by molar-refractivity contribution is 0.417. The van der Waals surface area contributed by atoms with Crippen molar-refractivity contribution in [1.29, 1.82) is 0 Å². The summed E-state index contributed by atoms with van der Waals surface area (Å²) in [6.07, 6.45) is 5.12. The molecular weight excluding hydrogens is 196 g/mol. The van der Waals surface area contributed by atoms with Crippen LogP contribution in [-0.4, -0.2) is 23.0 Å². The summed E-state index contributed by atoms with van der Waals surface area (Å²) in [5.41, 5.74) is 5.46. The fraction of sp³-hybridized carbons (Fsp3) is 0.700. The zero-order chi connectivity index (χ0) is 9.80. The molecule has 3 nitrogen and oxygen atoms in total. The van der Waals surface area contributed by atoms with Crippen LogP contribution in [0, 0.1) is 0 Å². The lowest BCUT2D eigenvalue weighted by Crippen LogP contribution is -2.08. The molecule has 1 aliphatic heterocycles. The average Bonchev–Trinajstić information content (AvgIpc) is 2.68. The Hall–Kier alpha value is -0.480. The molecule has 1 unspecified atom stereocenters. The molecule has 14 heavy (non-hydrogen) atoms. The summed E-state index contributed by atoms with van der Waals surface area (Å²) in [7, 11) is 0. The number of hydrogen-bond donors (Lipinski definition) is 1. The molecule has 1 aliphatic rings. The lowest BCUT2D eigenvalue weighted by Gasteiger charge is -2.17. The van der Waals surface area contributed by atoms with Crippen molar-refractivity contribution in [2.75, 3.05) is 18.1 Å². The molecule has 1 atom stereocenters. The van der Waals surface area contributed by atoms with E-state index in [0.29, 0.717) is 12.5 Å². The first-order valence-corrected chi connectivity index (χ1v) is 6.28. The van der Waals surface area contributed by atoms with E-state index in [0.717, 1.165) is 23.8 Å². The van der Waals surface area contributed by atoms with Gasteiger partial charge in [0, 0.05) is 18.1 Å². The summed E-state index contributed by atoms with van der Waals surface area (Å²) in [6.45, 7) is 0.633. The van der Waals surface area contributed by atoms with Crippen LogP contribution < -0.4 is 5.73 Å². The summed E-state index contributed by atoms with van der Waals surface area (Å²) < 4.78 is 5.66. The molecule has 4 heteroatoms. The molecule has 0 bridgehead atoms. The first kappa shape index (κ1) is 10.1. The molecule has 0 radical (unpaired) electrons. The first-order chi connectivity index (χ1) is 6.90. The topological polar surface area (TPSA) is 52.0 Å². The molecular formula is C10H16N2OS. The van der Waals surface area contributed by atoms with E-state index < -0.39 is 0 Å². The fourth-order valence-corrected chi connectivity index (χ4v) is 2.84. The Morgan fingerprint density at radius 2 is 2.57 bits per heavy atom. The average molecular weight is 212 g/mol. The number of oxazole rings is 1. The summed E-state index contributed by atoms with van der Waals surface area (Å²) in [4.78, 5) is 4.32. The summed E-state index contributed by atoms with van der Waals surface area (Å²) in [6, 6.07) is 0. The van der Waals surface area contributed by atoms with Crippen LogP contribution >= 0.6 is 11.8 Å². The van der Waals surface area contributed by atoms with Crippen LogP contribution in [0.4, 0.5) is 0 Å². The molecule has 2 heterocycles. The molecule has 2 rings (SSSR count). The molecule has 78 valence electrons. The maximum Gasteiger partial charge on any atom is 0.198 e. The van der Waals surface area contributed by atoms with Crippen LogP contribution in [0.2, 0.25) is 0 Å². The van der Waals surface area contributed by atoms with Crippen molar-refractivity contribution in [3.63, 3.8) is 0 Å². The van der Waals surface area contributed by atoms with E-state index in [-0.39, 0.29) is 0 Å². The quantitative estimate of drug-likeness (QED) is 0.830. The highest BCUT2D eigenvalue weighted by atomic mass is 32.2. The fourth-order valence-electron chi connectivity index (χ4n) is 1.70. The third-order valence-corrected chi connectivity index (χ3v) is 3.69. The van der Waals surface area contributed by atoms with Crippen molar-refractivity contribution >= 4 is 11.8 Å². The molecule has 1 aromatic heterocycles. The smallest absolute Gasteiger partial charge is 0.198 e. The molecule has 0 spiro atoms. The summed E-state index contributed by atoms with van der Waals surface area (Å²) in [5, 5.41) is 0. The van der Waals surface area contributed by atoms with Crippen LogP contribution in [0.5, 0.6) is 0 Å². The van der Waals surface area contributed by atoms with Crippen LogP contribution in [0.3, 0.4) is 0 Å². The third kappa shape index (κ3) is 2.30. The van der Waals surface area contributed by atoms with Crippen LogP contribution in [-0.2, 0) is 6.42 Å². The van der Waals surface area contributed by atoms with Gasteiger partial charge in [0.25, 0.3) is 0 Å². The Labute approximate surface area is 88.5 Å². The van der Waals surface area contributed by atoms with Gasteiger partial charge in [-0.15, -0.1) is 0 Å². The van der Waals surface area contributed by atoms with Crippen molar-refractivity contribution in [1.82, 2.24) is 4.98 Å². The van der Waals surface area contributed by atoms with Gasteiger partial charge in [0.15, 0.2) is 5.89 Å². The van der Waals surface area contributed by atoms with E-state index in [2.05, 4.69) is 4.98 Å². The van der Waals surface area contributed by atoms with Gasteiger partial charge in [-0.1, -0.05) is 0 Å². The van der Waals surface area contributed by atoms with Crippen molar-refractivity contribution in [3.05, 3.63) is 17.8 Å². The monoisotopic (exact) mass is 212 g/mol. The Morgan fingerprint density at radius 3 is 3.29 bits per heavy atom. The SMILES string of the molecule is NCCc1cnc(C2CCCSC2)o1. The van der Waals surface area contributed by atoms with Gasteiger partial charge in [0.05, 0.1) is 6.20 Å². The minimum absolute atomic E-state index is 0.528. The van der Waals surface area contributed by atoms with Crippen molar-refractivity contribution in [2.24, 2.45) is 5.73 Å². The Bertz CT molecular complexity index is 281. The van der Waals surface area contributed by atoms with Crippen LogP contribution in [0.1, 0.15) is 30.4 Å². The van der Waals surface area contributed by atoms with E-state index in [9.17, 15) is 0 Å². The maximum atomic E-state index is 5.66. The Kier molecular flexibility index (Phi) is 3.48. The van der Waals surface area contributed by atoms with Gasteiger partial charge < -0.3 is 10.2 Å². The second kappa shape index (κ2) is 4.84. The number of nitrogens with two attached hydrogens (primary N) is 1. The van der Waals surface area contributed by atoms with Gasteiger partial charge in [-0.25, -0.2) is 4.98 Å². The minimum atomic E-state index is 0.528. The van der Waals surface area contributed by atoms with E-state index in [1.165, 1.54) is 18.6 Å². The molecule has 0 amide bonds. The van der Waals surface area contributed by atoms with Crippen molar-refractivity contribution in [2.45, 2.75) is 25.2 Å². The predicted octanol–water partition coefficient (Wildman–Crippen LogP) is 1.79. The third-order valence-electron chi connectivity index (χ3n) is 2.47. The zero-order valence-electron chi connectivity index (χ0n) is 8.24. The molecule has 1 aromatic rings. The standard InChI is InChI=1S/C10H16N2OS/c11-4-3-9-6-12-10(13-9)8-2-1-5-14-7-8/h6,8H,1-5,7,11H2. The first-order valence-electron chi connectivity index (χ1n) is 5.12. The van der Waals surface area contributed by atoms with Crippen LogP contribution in [0.25, 0.3) is 0 Å². The zero-order valence-corrected chi connectivity index (χ0v) is 9.05. The maximum absolute atomic E-state index is 5.66. The van der Waals surface area contributed by atoms with Crippen LogP contribution in [0.15, 0.2) is 10.6 Å². The second-order valence-electron chi connectivity index (χ2n) is 3.62. The van der Waals surface area contributed by atoms with Gasteiger partial charge in [-0.3, -0.25) is 0 Å². The van der Waals surface area contributed by atoms with E-state index in [1.54, 1.807) is 0 Å². The highest BCUT2D eigenvalue weighted by Crippen LogP contribution is 2.30. The molecule has 0 aromatic carbocycles. The van der Waals surface area contributed by atoms with Crippen molar-refractivity contribution in [3.8, 4) is 0 Å².